The third kappa shape index (κ3) is 5.09. The van der Waals surface area contributed by atoms with E-state index in [1.807, 2.05) is 12.1 Å². The third-order valence-electron chi connectivity index (χ3n) is 5.39. The normalized spacial score (nSPS) is 14.7. The monoisotopic (exact) mass is 475 g/mol. The Balaban J connectivity index is 1.63. The lowest BCUT2D eigenvalue weighted by Gasteiger charge is -2.23. The summed E-state index contributed by atoms with van der Waals surface area (Å²) in [6.45, 7) is 0.156. The summed E-state index contributed by atoms with van der Waals surface area (Å²) in [5.74, 6) is -0.293. The van der Waals surface area contributed by atoms with Gasteiger partial charge in [0, 0.05) is 17.5 Å². The van der Waals surface area contributed by atoms with Crippen LogP contribution in [-0.4, -0.2) is 27.2 Å². The molecule has 0 atom stereocenters. The van der Waals surface area contributed by atoms with E-state index in [2.05, 4.69) is 0 Å². The van der Waals surface area contributed by atoms with E-state index in [4.69, 9.17) is 4.74 Å². The number of alkyl halides is 3. The van der Waals surface area contributed by atoms with Gasteiger partial charge in [-0.15, -0.1) is 0 Å². The van der Waals surface area contributed by atoms with Crippen molar-refractivity contribution < 1.29 is 31.1 Å². The number of nitrogens with zero attached hydrogens (tertiary/aromatic N) is 1. The molecule has 0 unspecified atom stereocenters. The van der Waals surface area contributed by atoms with Gasteiger partial charge < -0.3 is 9.64 Å². The maximum atomic E-state index is 12.8. The van der Waals surface area contributed by atoms with Gasteiger partial charge in [-0.3, -0.25) is 4.79 Å². The van der Waals surface area contributed by atoms with Crippen molar-refractivity contribution in [2.24, 2.45) is 0 Å². The minimum Gasteiger partial charge on any atom is -0.367 e. The van der Waals surface area contributed by atoms with Crippen molar-refractivity contribution in [3.63, 3.8) is 0 Å². The summed E-state index contributed by atoms with van der Waals surface area (Å²) in [4.78, 5) is 14.4. The number of carbonyl (C=O) groups excluding carboxylic acids is 1. The van der Waals surface area contributed by atoms with Crippen LogP contribution in [0.25, 0.3) is 11.1 Å². The fourth-order valence-electron chi connectivity index (χ4n) is 3.65. The minimum atomic E-state index is -4.42. The van der Waals surface area contributed by atoms with E-state index in [-0.39, 0.29) is 30.6 Å². The van der Waals surface area contributed by atoms with Crippen LogP contribution in [-0.2, 0) is 38.7 Å². The number of halogens is 3. The zero-order valence-corrected chi connectivity index (χ0v) is 18.4. The van der Waals surface area contributed by atoms with Crippen LogP contribution in [0.5, 0.6) is 0 Å². The van der Waals surface area contributed by atoms with Gasteiger partial charge in [0.1, 0.15) is 6.61 Å². The Morgan fingerprint density at radius 1 is 0.909 bits per heavy atom. The smallest absolute Gasteiger partial charge is 0.367 e. The second-order valence-electron chi connectivity index (χ2n) is 7.81. The average molecular weight is 475 g/mol. The fourth-order valence-corrected chi connectivity index (χ4v) is 4.28. The van der Waals surface area contributed by atoms with Gasteiger partial charge in [-0.2, -0.15) is 13.2 Å². The van der Waals surface area contributed by atoms with Gasteiger partial charge in [-0.05, 0) is 53.1 Å². The standard InChI is InChI=1S/C24H20F3NO4S/c1-33(30,31)21-9-4-17(5-10-21)18-6-11-22-19(12-18)14-32-15-23(29)28(22)13-16-2-7-20(8-3-16)24(25,26)27/h2-12H,13-15H2,1H3. The highest BCUT2D eigenvalue weighted by molar-refractivity contribution is 7.90. The number of carbonyl (C=O) groups is 1. The molecule has 0 radical (unpaired) electrons. The van der Waals surface area contributed by atoms with E-state index in [1.165, 1.54) is 29.2 Å². The summed E-state index contributed by atoms with van der Waals surface area (Å²) in [5.41, 5.74) is 2.80. The highest BCUT2D eigenvalue weighted by Crippen LogP contribution is 2.33. The number of hydrogen-bond donors (Lipinski definition) is 0. The number of anilines is 1. The Labute approximate surface area is 189 Å². The first-order chi connectivity index (χ1) is 15.5. The lowest BCUT2D eigenvalue weighted by molar-refractivity contribution is -0.137. The number of hydrogen-bond acceptors (Lipinski definition) is 4. The highest BCUT2D eigenvalue weighted by Gasteiger charge is 2.30. The SMILES string of the molecule is CS(=O)(=O)c1ccc(-c2ccc3c(c2)COCC(=O)N3Cc2ccc(C(F)(F)F)cc2)cc1. The Morgan fingerprint density at radius 2 is 1.55 bits per heavy atom. The summed E-state index contributed by atoms with van der Waals surface area (Å²) in [7, 11) is -3.30. The molecule has 0 bridgehead atoms. The molecular formula is C24H20F3NO4S. The summed E-state index contributed by atoms with van der Waals surface area (Å²) < 4.78 is 67.4. The summed E-state index contributed by atoms with van der Waals surface area (Å²) in [6.07, 6.45) is -3.28. The molecule has 0 fully saturated rings. The van der Waals surface area contributed by atoms with Gasteiger partial charge in [-0.25, -0.2) is 8.42 Å². The van der Waals surface area contributed by atoms with Gasteiger partial charge in [0.2, 0.25) is 0 Å². The molecule has 1 aliphatic rings. The molecule has 1 heterocycles. The van der Waals surface area contributed by atoms with Crippen LogP contribution in [0.2, 0.25) is 0 Å². The number of fused-ring (bicyclic) bond motifs is 1. The van der Waals surface area contributed by atoms with Crippen molar-refractivity contribution in [1.29, 1.82) is 0 Å². The Bertz CT molecular complexity index is 1280. The van der Waals surface area contributed by atoms with Gasteiger partial charge in [0.05, 0.1) is 23.6 Å². The first-order valence-electron chi connectivity index (χ1n) is 10.00. The van der Waals surface area contributed by atoms with Crippen molar-refractivity contribution in [3.8, 4) is 11.1 Å². The molecule has 5 nitrogen and oxygen atoms in total. The largest absolute Gasteiger partial charge is 0.416 e. The molecule has 0 N–H and O–H groups in total. The third-order valence-corrected chi connectivity index (χ3v) is 6.52. The van der Waals surface area contributed by atoms with Crippen LogP contribution >= 0.6 is 0 Å². The van der Waals surface area contributed by atoms with Crippen LogP contribution in [0.15, 0.2) is 71.6 Å². The molecule has 33 heavy (non-hydrogen) atoms. The summed E-state index contributed by atoms with van der Waals surface area (Å²) in [5, 5.41) is 0. The first-order valence-corrected chi connectivity index (χ1v) is 11.9. The van der Waals surface area contributed by atoms with Crippen molar-refractivity contribution in [2.45, 2.75) is 24.2 Å². The van der Waals surface area contributed by atoms with Crippen molar-refractivity contribution in [2.75, 3.05) is 17.8 Å². The van der Waals surface area contributed by atoms with Crippen LogP contribution in [0.4, 0.5) is 18.9 Å². The van der Waals surface area contributed by atoms with E-state index in [9.17, 15) is 26.4 Å². The van der Waals surface area contributed by atoms with Crippen molar-refractivity contribution in [1.82, 2.24) is 0 Å². The maximum Gasteiger partial charge on any atom is 0.416 e. The minimum absolute atomic E-state index is 0.107. The van der Waals surface area contributed by atoms with Crippen LogP contribution in [0, 0.1) is 0 Å². The molecule has 0 aliphatic carbocycles. The number of amides is 1. The van der Waals surface area contributed by atoms with Crippen LogP contribution in [0.3, 0.4) is 0 Å². The average Bonchev–Trinajstić information content (AvgIpc) is 2.91. The zero-order valence-electron chi connectivity index (χ0n) is 17.6. The maximum absolute atomic E-state index is 12.8. The highest BCUT2D eigenvalue weighted by atomic mass is 32.2. The van der Waals surface area contributed by atoms with Gasteiger partial charge in [0.15, 0.2) is 9.84 Å². The molecule has 3 aromatic rings. The number of benzene rings is 3. The predicted molar refractivity (Wildman–Crippen MR) is 117 cm³/mol. The number of rotatable bonds is 4. The Hall–Kier alpha value is -3.17. The molecule has 9 heteroatoms. The van der Waals surface area contributed by atoms with Crippen LogP contribution in [0.1, 0.15) is 16.7 Å². The quantitative estimate of drug-likeness (QED) is 0.542. The molecule has 3 aromatic carbocycles. The number of ether oxygens (including phenoxy) is 1. The van der Waals surface area contributed by atoms with Crippen molar-refractivity contribution >= 4 is 21.4 Å². The molecule has 172 valence electrons. The van der Waals surface area contributed by atoms with E-state index >= 15 is 0 Å². The van der Waals surface area contributed by atoms with E-state index < -0.39 is 21.6 Å². The van der Waals surface area contributed by atoms with Crippen molar-refractivity contribution in [3.05, 3.63) is 83.4 Å². The van der Waals surface area contributed by atoms with Gasteiger partial charge >= 0.3 is 6.18 Å². The van der Waals surface area contributed by atoms with E-state index in [0.717, 1.165) is 35.1 Å². The second kappa shape index (κ2) is 8.64. The molecule has 0 aromatic heterocycles. The molecule has 0 saturated heterocycles. The Morgan fingerprint density at radius 3 is 2.15 bits per heavy atom. The van der Waals surface area contributed by atoms with Crippen LogP contribution < -0.4 is 4.90 Å². The molecular weight excluding hydrogens is 455 g/mol. The molecule has 0 saturated carbocycles. The second-order valence-corrected chi connectivity index (χ2v) is 9.82. The van der Waals surface area contributed by atoms with Gasteiger partial charge in [0.25, 0.3) is 5.91 Å². The summed E-state index contributed by atoms with van der Waals surface area (Å²) >= 11 is 0. The Kier molecular flexibility index (Phi) is 6.02. The molecule has 0 spiro atoms. The molecule has 1 amide bonds. The topological polar surface area (TPSA) is 63.7 Å². The summed E-state index contributed by atoms with van der Waals surface area (Å²) in [6, 6.07) is 16.7. The fraction of sp³-hybridized carbons (Fsp3) is 0.208. The number of sulfone groups is 1. The van der Waals surface area contributed by atoms with Gasteiger partial charge in [-0.1, -0.05) is 30.3 Å². The van der Waals surface area contributed by atoms with E-state index in [1.54, 1.807) is 18.2 Å². The lowest BCUT2D eigenvalue weighted by Crippen LogP contribution is -2.32. The molecule has 1 aliphatic heterocycles. The van der Waals surface area contributed by atoms with E-state index in [0.29, 0.717) is 11.3 Å². The zero-order chi connectivity index (χ0) is 23.8. The molecule has 4 rings (SSSR count). The lowest BCUT2D eigenvalue weighted by atomic mass is 10.0. The first kappa shape index (κ1) is 23.0. The predicted octanol–water partition coefficient (Wildman–Crippen LogP) is 4.84.